The predicted octanol–water partition coefficient (Wildman–Crippen LogP) is 1.64. The van der Waals surface area contributed by atoms with Crippen LogP contribution in [0.4, 0.5) is 0 Å². The first-order valence-electron chi connectivity index (χ1n) is 5.10. The van der Waals surface area contributed by atoms with E-state index in [1.165, 1.54) is 0 Å². The van der Waals surface area contributed by atoms with Crippen molar-refractivity contribution in [3.8, 4) is 0 Å². The second-order valence-electron chi connectivity index (χ2n) is 3.73. The summed E-state index contributed by atoms with van der Waals surface area (Å²) in [6, 6.07) is 0.248. The van der Waals surface area contributed by atoms with E-state index in [2.05, 4.69) is 0 Å². The maximum Gasteiger partial charge on any atom is 0.222 e. The highest BCUT2D eigenvalue weighted by molar-refractivity contribution is 6.17. The summed E-state index contributed by atoms with van der Waals surface area (Å²) in [5, 5.41) is 0. The summed E-state index contributed by atoms with van der Waals surface area (Å²) in [6.07, 6.45) is 2.42. The van der Waals surface area contributed by atoms with E-state index in [1.54, 1.807) is 0 Å². The molecule has 1 fully saturated rings. The molecule has 1 aliphatic rings. The van der Waals surface area contributed by atoms with E-state index in [1.807, 2.05) is 18.9 Å². The van der Waals surface area contributed by atoms with E-state index < -0.39 is 0 Å². The first-order valence-corrected chi connectivity index (χ1v) is 5.63. The number of hydrogen-bond donors (Lipinski definition) is 0. The highest BCUT2D eigenvalue weighted by Gasteiger charge is 2.29. The molecule has 2 unspecified atom stereocenters. The molecule has 0 aromatic heterocycles. The third-order valence-corrected chi connectivity index (χ3v) is 3.02. The van der Waals surface area contributed by atoms with Gasteiger partial charge in [-0.2, -0.15) is 0 Å². The SMILES string of the molecule is CC1OCCC1N(C)C(=O)CCCCl. The Kier molecular flexibility index (Phi) is 4.69. The average Bonchev–Trinajstić information content (AvgIpc) is 2.59. The van der Waals surface area contributed by atoms with Gasteiger partial charge >= 0.3 is 0 Å². The van der Waals surface area contributed by atoms with Crippen LogP contribution in [-0.2, 0) is 9.53 Å². The Morgan fingerprint density at radius 1 is 1.64 bits per heavy atom. The average molecular weight is 220 g/mol. The Bertz CT molecular complexity index is 199. The van der Waals surface area contributed by atoms with Crippen molar-refractivity contribution in [2.24, 2.45) is 0 Å². The van der Waals surface area contributed by atoms with Crippen LogP contribution in [0, 0.1) is 0 Å². The fourth-order valence-corrected chi connectivity index (χ4v) is 1.94. The number of carbonyl (C=O) groups is 1. The summed E-state index contributed by atoms with van der Waals surface area (Å²) in [5.41, 5.74) is 0. The van der Waals surface area contributed by atoms with E-state index in [0.717, 1.165) is 19.4 Å². The Morgan fingerprint density at radius 2 is 2.36 bits per heavy atom. The maximum absolute atomic E-state index is 11.6. The number of amides is 1. The van der Waals surface area contributed by atoms with Gasteiger partial charge < -0.3 is 9.64 Å². The van der Waals surface area contributed by atoms with Crippen LogP contribution in [-0.4, -0.2) is 42.5 Å². The molecule has 0 aromatic carbocycles. The van der Waals surface area contributed by atoms with Crippen LogP contribution in [0.15, 0.2) is 0 Å². The van der Waals surface area contributed by atoms with E-state index in [0.29, 0.717) is 12.3 Å². The smallest absolute Gasteiger partial charge is 0.222 e. The minimum Gasteiger partial charge on any atom is -0.376 e. The Hall–Kier alpha value is -0.280. The molecule has 14 heavy (non-hydrogen) atoms. The predicted molar refractivity (Wildman–Crippen MR) is 56.5 cm³/mol. The Morgan fingerprint density at radius 3 is 2.86 bits per heavy atom. The number of alkyl halides is 1. The molecule has 0 aliphatic carbocycles. The fourth-order valence-electron chi connectivity index (χ4n) is 1.81. The lowest BCUT2D eigenvalue weighted by Gasteiger charge is -2.26. The molecule has 1 saturated heterocycles. The van der Waals surface area contributed by atoms with Gasteiger partial charge in [0.2, 0.25) is 5.91 Å². The van der Waals surface area contributed by atoms with Crippen LogP contribution < -0.4 is 0 Å². The number of likely N-dealkylation sites (N-methyl/N-ethyl adjacent to an activating group) is 1. The van der Waals surface area contributed by atoms with Gasteiger partial charge in [0.15, 0.2) is 0 Å². The zero-order chi connectivity index (χ0) is 10.6. The lowest BCUT2D eigenvalue weighted by atomic mass is 10.1. The molecule has 1 heterocycles. The number of ether oxygens (including phenoxy) is 1. The summed E-state index contributed by atoms with van der Waals surface area (Å²) in [7, 11) is 1.85. The van der Waals surface area contributed by atoms with Gasteiger partial charge in [-0.3, -0.25) is 4.79 Å². The monoisotopic (exact) mass is 219 g/mol. The van der Waals surface area contributed by atoms with Crippen LogP contribution in [0.1, 0.15) is 26.2 Å². The maximum atomic E-state index is 11.6. The van der Waals surface area contributed by atoms with Crippen LogP contribution >= 0.6 is 11.6 Å². The third kappa shape index (κ3) is 2.85. The second-order valence-corrected chi connectivity index (χ2v) is 4.11. The molecule has 1 amide bonds. The largest absolute Gasteiger partial charge is 0.376 e. The Balaban J connectivity index is 2.39. The summed E-state index contributed by atoms with van der Waals surface area (Å²) < 4.78 is 5.42. The fraction of sp³-hybridized carbons (Fsp3) is 0.900. The van der Waals surface area contributed by atoms with Crippen molar-refractivity contribution in [3.63, 3.8) is 0 Å². The molecule has 0 spiro atoms. The molecular formula is C10H18ClNO2. The van der Waals surface area contributed by atoms with E-state index in [4.69, 9.17) is 16.3 Å². The topological polar surface area (TPSA) is 29.5 Å². The first-order chi connectivity index (χ1) is 6.66. The lowest BCUT2D eigenvalue weighted by molar-refractivity contribution is -0.132. The van der Waals surface area contributed by atoms with Crippen LogP contribution in [0.3, 0.4) is 0 Å². The first kappa shape index (κ1) is 11.8. The van der Waals surface area contributed by atoms with Gasteiger partial charge in [-0.05, 0) is 19.8 Å². The van der Waals surface area contributed by atoms with Crippen molar-refractivity contribution in [1.29, 1.82) is 0 Å². The molecule has 0 saturated carbocycles. The van der Waals surface area contributed by atoms with Crippen molar-refractivity contribution in [2.45, 2.75) is 38.3 Å². The van der Waals surface area contributed by atoms with E-state index >= 15 is 0 Å². The minimum absolute atomic E-state index is 0.167. The highest BCUT2D eigenvalue weighted by atomic mass is 35.5. The van der Waals surface area contributed by atoms with Gasteiger partial charge in [0, 0.05) is 26.0 Å². The van der Waals surface area contributed by atoms with Gasteiger partial charge in [-0.15, -0.1) is 11.6 Å². The van der Waals surface area contributed by atoms with Crippen LogP contribution in [0.5, 0.6) is 0 Å². The Labute approximate surface area is 90.4 Å². The normalized spacial score (nSPS) is 26.5. The summed E-state index contributed by atoms with van der Waals surface area (Å²) in [4.78, 5) is 13.5. The molecule has 1 rings (SSSR count). The quantitative estimate of drug-likeness (QED) is 0.673. The van der Waals surface area contributed by atoms with Gasteiger partial charge in [-0.1, -0.05) is 0 Å². The number of nitrogens with zero attached hydrogens (tertiary/aromatic N) is 1. The zero-order valence-electron chi connectivity index (χ0n) is 8.83. The number of carbonyl (C=O) groups excluding carboxylic acids is 1. The van der Waals surface area contributed by atoms with Crippen molar-refractivity contribution in [3.05, 3.63) is 0 Å². The third-order valence-electron chi connectivity index (χ3n) is 2.75. The van der Waals surface area contributed by atoms with E-state index in [9.17, 15) is 4.79 Å². The molecule has 4 heteroatoms. The van der Waals surface area contributed by atoms with Crippen LogP contribution in [0.25, 0.3) is 0 Å². The summed E-state index contributed by atoms with van der Waals surface area (Å²) in [5.74, 6) is 0.726. The number of hydrogen-bond acceptors (Lipinski definition) is 2. The molecule has 0 bridgehead atoms. The molecule has 3 nitrogen and oxygen atoms in total. The van der Waals surface area contributed by atoms with Gasteiger partial charge in [0.05, 0.1) is 12.1 Å². The molecule has 82 valence electrons. The van der Waals surface area contributed by atoms with Gasteiger partial charge in [0.25, 0.3) is 0 Å². The van der Waals surface area contributed by atoms with Crippen molar-refractivity contribution < 1.29 is 9.53 Å². The molecule has 1 aliphatic heterocycles. The zero-order valence-corrected chi connectivity index (χ0v) is 9.59. The summed E-state index contributed by atoms with van der Waals surface area (Å²) in [6.45, 7) is 2.78. The molecule has 0 aromatic rings. The van der Waals surface area contributed by atoms with Crippen molar-refractivity contribution in [1.82, 2.24) is 4.90 Å². The van der Waals surface area contributed by atoms with E-state index in [-0.39, 0.29) is 18.1 Å². The van der Waals surface area contributed by atoms with Crippen molar-refractivity contribution in [2.75, 3.05) is 19.5 Å². The number of rotatable bonds is 4. The number of halogens is 1. The highest BCUT2D eigenvalue weighted by Crippen LogP contribution is 2.18. The lowest BCUT2D eigenvalue weighted by Crippen LogP contribution is -2.40. The minimum atomic E-state index is 0.167. The molecular weight excluding hydrogens is 202 g/mol. The molecule has 0 radical (unpaired) electrons. The van der Waals surface area contributed by atoms with Gasteiger partial charge in [0.1, 0.15) is 0 Å². The molecule has 0 N–H and O–H groups in total. The summed E-state index contributed by atoms with van der Waals surface area (Å²) >= 11 is 5.54. The van der Waals surface area contributed by atoms with Crippen molar-refractivity contribution >= 4 is 17.5 Å². The molecule has 2 atom stereocenters. The van der Waals surface area contributed by atoms with Crippen LogP contribution in [0.2, 0.25) is 0 Å². The van der Waals surface area contributed by atoms with Gasteiger partial charge in [-0.25, -0.2) is 0 Å². The second kappa shape index (κ2) is 5.56. The standard InChI is InChI=1S/C10H18ClNO2/c1-8-9(5-7-14-8)12(2)10(13)4-3-6-11/h8-9H,3-7H2,1-2H3.